The molecule has 82 valence electrons. The van der Waals surface area contributed by atoms with E-state index < -0.39 is 0 Å². The van der Waals surface area contributed by atoms with Gasteiger partial charge in [0.2, 0.25) is 0 Å². The molecule has 0 fully saturated rings. The molecule has 0 aliphatic carbocycles. The van der Waals surface area contributed by atoms with Crippen molar-refractivity contribution in [1.29, 1.82) is 0 Å². The minimum Gasteiger partial charge on any atom is -0.303 e. The van der Waals surface area contributed by atoms with E-state index in [0.29, 0.717) is 20.7 Å². The van der Waals surface area contributed by atoms with Crippen LogP contribution in [0.4, 0.5) is 5.82 Å². The second-order valence-electron chi connectivity index (χ2n) is 2.76. The zero-order chi connectivity index (χ0) is 11.5. The second kappa shape index (κ2) is 4.71. The molecule has 2 aromatic heterocycles. The number of aromatic nitrogens is 4. The summed E-state index contributed by atoms with van der Waals surface area (Å²) < 4.78 is 1.04. The number of hydrogen-bond acceptors (Lipinski definition) is 4. The molecular weight excluding hydrogens is 342 g/mol. The topological polar surface area (TPSA) is 83.6 Å². The zero-order valence-electron chi connectivity index (χ0n) is 7.74. The lowest BCUT2D eigenvalue weighted by Crippen LogP contribution is -2.14. The van der Waals surface area contributed by atoms with Gasteiger partial charge in [0.25, 0.3) is 5.91 Å². The summed E-state index contributed by atoms with van der Waals surface area (Å²) in [5.74, 6) is 0.0256. The highest BCUT2D eigenvalue weighted by atomic mass is 79.9. The van der Waals surface area contributed by atoms with Crippen LogP contribution in [0.1, 0.15) is 10.5 Å². The number of anilines is 1. The summed E-state index contributed by atoms with van der Waals surface area (Å²) in [7, 11) is 0. The van der Waals surface area contributed by atoms with E-state index in [1.165, 1.54) is 12.4 Å². The molecule has 0 unspecified atom stereocenters. The Morgan fingerprint density at radius 3 is 2.88 bits per heavy atom. The molecule has 0 spiro atoms. The van der Waals surface area contributed by atoms with Crippen LogP contribution in [0.2, 0.25) is 0 Å². The van der Waals surface area contributed by atoms with Crippen molar-refractivity contribution >= 4 is 43.6 Å². The fourth-order valence-electron chi connectivity index (χ4n) is 0.988. The minimum atomic E-state index is -0.324. The number of nitrogens with zero attached hydrogens (tertiary/aromatic N) is 3. The molecule has 0 aromatic carbocycles. The molecule has 0 saturated heterocycles. The molecular formula is C8H5Br2N5O. The van der Waals surface area contributed by atoms with Crippen molar-refractivity contribution in [3.05, 3.63) is 33.4 Å². The van der Waals surface area contributed by atoms with Crippen molar-refractivity contribution < 1.29 is 4.79 Å². The molecule has 0 radical (unpaired) electrons. The maximum Gasteiger partial charge on any atom is 0.274 e. The third-order valence-corrected chi connectivity index (χ3v) is 2.61. The molecule has 0 aliphatic rings. The smallest absolute Gasteiger partial charge is 0.274 e. The quantitative estimate of drug-likeness (QED) is 0.870. The Morgan fingerprint density at radius 2 is 2.25 bits per heavy atom. The lowest BCUT2D eigenvalue weighted by Gasteiger charge is -2.04. The number of carbonyl (C=O) groups excluding carboxylic acids is 1. The molecule has 6 nitrogen and oxygen atoms in total. The van der Waals surface area contributed by atoms with Crippen LogP contribution in [-0.2, 0) is 0 Å². The molecule has 2 rings (SSSR count). The molecule has 0 bridgehead atoms. The number of hydrogen-bond donors (Lipinski definition) is 2. The summed E-state index contributed by atoms with van der Waals surface area (Å²) in [6.07, 6.45) is 2.99. The number of carbonyl (C=O) groups is 1. The number of aromatic amines is 1. The summed E-state index contributed by atoms with van der Waals surface area (Å²) in [5.41, 5.74) is 0.358. The molecule has 2 N–H and O–H groups in total. The highest BCUT2D eigenvalue weighted by Crippen LogP contribution is 2.19. The Kier molecular flexibility index (Phi) is 3.30. The third kappa shape index (κ3) is 2.45. The van der Waals surface area contributed by atoms with E-state index in [9.17, 15) is 4.79 Å². The van der Waals surface area contributed by atoms with E-state index in [1.54, 1.807) is 6.07 Å². The molecule has 2 aromatic rings. The van der Waals surface area contributed by atoms with Crippen molar-refractivity contribution in [1.82, 2.24) is 20.2 Å². The summed E-state index contributed by atoms with van der Waals surface area (Å²) in [4.78, 5) is 19.7. The Labute approximate surface area is 107 Å². The Bertz CT molecular complexity index is 513. The number of nitrogens with one attached hydrogen (secondary N) is 2. The average Bonchev–Trinajstić information content (AvgIpc) is 2.75. The van der Waals surface area contributed by atoms with Gasteiger partial charge in [0.15, 0.2) is 5.82 Å². The van der Waals surface area contributed by atoms with Gasteiger partial charge in [-0.05, 0) is 37.9 Å². The van der Waals surface area contributed by atoms with Gasteiger partial charge in [-0.2, -0.15) is 5.10 Å². The number of amides is 1. The minimum absolute atomic E-state index is 0.324. The Hall–Kier alpha value is -1.28. The predicted molar refractivity (Wildman–Crippen MR) is 64.0 cm³/mol. The molecule has 8 heteroatoms. The van der Waals surface area contributed by atoms with E-state index >= 15 is 0 Å². The second-order valence-corrected chi connectivity index (χ2v) is 4.32. The largest absolute Gasteiger partial charge is 0.303 e. The van der Waals surface area contributed by atoms with Gasteiger partial charge in [-0.3, -0.25) is 9.89 Å². The van der Waals surface area contributed by atoms with Crippen LogP contribution in [0.15, 0.2) is 27.7 Å². The SMILES string of the molecule is O=C(Nc1ncc(Br)nc1Br)c1ccn[nH]1. The van der Waals surface area contributed by atoms with Gasteiger partial charge in [-0.1, -0.05) is 0 Å². The van der Waals surface area contributed by atoms with Crippen LogP contribution in [0.3, 0.4) is 0 Å². The Balaban J connectivity index is 2.18. The summed E-state index contributed by atoms with van der Waals surface area (Å²) in [6, 6.07) is 1.57. The van der Waals surface area contributed by atoms with Crippen molar-refractivity contribution in [2.24, 2.45) is 0 Å². The number of H-pyrrole nitrogens is 1. The van der Waals surface area contributed by atoms with Gasteiger partial charge in [0.1, 0.15) is 14.9 Å². The van der Waals surface area contributed by atoms with Crippen LogP contribution >= 0.6 is 31.9 Å². The monoisotopic (exact) mass is 345 g/mol. The van der Waals surface area contributed by atoms with Crippen LogP contribution in [0.5, 0.6) is 0 Å². The lowest BCUT2D eigenvalue weighted by molar-refractivity contribution is 0.102. The fraction of sp³-hybridized carbons (Fsp3) is 0. The molecule has 1 amide bonds. The zero-order valence-corrected chi connectivity index (χ0v) is 10.9. The molecule has 0 atom stereocenters. The van der Waals surface area contributed by atoms with E-state index in [0.717, 1.165) is 0 Å². The summed E-state index contributed by atoms with van der Waals surface area (Å²) in [6.45, 7) is 0. The van der Waals surface area contributed by atoms with Crippen LogP contribution in [-0.4, -0.2) is 26.1 Å². The maximum atomic E-state index is 11.6. The molecule has 16 heavy (non-hydrogen) atoms. The summed E-state index contributed by atoms with van der Waals surface area (Å²) in [5, 5.41) is 8.82. The average molecular weight is 347 g/mol. The summed E-state index contributed by atoms with van der Waals surface area (Å²) >= 11 is 6.36. The first-order chi connectivity index (χ1) is 7.66. The number of halogens is 2. The fourth-order valence-corrected chi connectivity index (χ4v) is 1.90. The van der Waals surface area contributed by atoms with Crippen molar-refractivity contribution in [3.63, 3.8) is 0 Å². The van der Waals surface area contributed by atoms with Gasteiger partial charge in [0.05, 0.1) is 6.20 Å². The normalized spacial score (nSPS) is 10.1. The van der Waals surface area contributed by atoms with Gasteiger partial charge < -0.3 is 5.32 Å². The van der Waals surface area contributed by atoms with E-state index in [2.05, 4.69) is 57.3 Å². The standard InChI is InChI=1S/C8H5Br2N5O/c9-5-3-11-7(6(10)13-5)14-8(16)4-1-2-12-15-4/h1-3H,(H,12,15)(H,11,14,16). The maximum absolute atomic E-state index is 11.6. The highest BCUT2D eigenvalue weighted by Gasteiger charge is 2.11. The number of rotatable bonds is 2. The molecule has 0 aliphatic heterocycles. The van der Waals surface area contributed by atoms with Crippen LogP contribution in [0, 0.1) is 0 Å². The molecule has 0 saturated carbocycles. The first-order valence-electron chi connectivity index (χ1n) is 4.15. The van der Waals surface area contributed by atoms with Gasteiger partial charge >= 0.3 is 0 Å². The predicted octanol–water partition coefficient (Wildman–Crippen LogP) is 1.98. The first kappa shape index (κ1) is 11.2. The van der Waals surface area contributed by atoms with E-state index in [-0.39, 0.29) is 5.91 Å². The first-order valence-corrected chi connectivity index (χ1v) is 5.74. The lowest BCUT2D eigenvalue weighted by atomic mass is 10.4. The van der Waals surface area contributed by atoms with Crippen molar-refractivity contribution in [3.8, 4) is 0 Å². The van der Waals surface area contributed by atoms with Gasteiger partial charge in [-0.25, -0.2) is 9.97 Å². The Morgan fingerprint density at radius 1 is 1.44 bits per heavy atom. The van der Waals surface area contributed by atoms with Gasteiger partial charge in [0, 0.05) is 6.20 Å². The van der Waals surface area contributed by atoms with Crippen LogP contribution < -0.4 is 5.32 Å². The highest BCUT2D eigenvalue weighted by molar-refractivity contribution is 9.11. The third-order valence-electron chi connectivity index (χ3n) is 1.68. The van der Waals surface area contributed by atoms with E-state index in [4.69, 9.17) is 0 Å². The molecule has 2 heterocycles. The van der Waals surface area contributed by atoms with E-state index in [1.807, 2.05) is 0 Å². The van der Waals surface area contributed by atoms with Crippen molar-refractivity contribution in [2.45, 2.75) is 0 Å². The van der Waals surface area contributed by atoms with Crippen molar-refractivity contribution in [2.75, 3.05) is 5.32 Å². The van der Waals surface area contributed by atoms with Crippen LogP contribution in [0.25, 0.3) is 0 Å². The van der Waals surface area contributed by atoms with Gasteiger partial charge in [-0.15, -0.1) is 0 Å².